The van der Waals surface area contributed by atoms with Crippen molar-refractivity contribution in [2.45, 2.75) is 35.8 Å². The zero-order valence-electron chi connectivity index (χ0n) is 15.6. The highest BCUT2D eigenvalue weighted by atomic mass is 35.5. The van der Waals surface area contributed by atoms with Crippen molar-refractivity contribution >= 4 is 27.2 Å². The number of ether oxygens (including phenoxy) is 1. The summed E-state index contributed by atoms with van der Waals surface area (Å²) in [5.41, 5.74) is -0.311. The highest BCUT2D eigenvalue weighted by molar-refractivity contribution is 7.92. The first kappa shape index (κ1) is 20.3. The lowest BCUT2D eigenvalue weighted by molar-refractivity contribution is -0.129. The second-order valence-electron chi connectivity index (χ2n) is 7.48. The minimum absolute atomic E-state index is 0.0305. The van der Waals surface area contributed by atoms with Gasteiger partial charge in [-0.3, -0.25) is 4.79 Å². The van der Waals surface area contributed by atoms with Crippen LogP contribution in [0.15, 0.2) is 41.3 Å². The number of hydrogen-bond donors (Lipinski definition) is 0. The maximum absolute atomic E-state index is 15.1. The Morgan fingerprint density at radius 1 is 1.14 bits per heavy atom. The third kappa shape index (κ3) is 2.81. The summed E-state index contributed by atoms with van der Waals surface area (Å²) in [7, 11) is -4.22. The van der Waals surface area contributed by atoms with Crippen LogP contribution >= 0.6 is 11.6 Å². The molecule has 0 bridgehead atoms. The van der Waals surface area contributed by atoms with Gasteiger partial charge < -0.3 is 4.74 Å². The number of fused-ring (bicyclic) bond motifs is 3. The summed E-state index contributed by atoms with van der Waals surface area (Å²) in [5.74, 6) is -3.59. The van der Waals surface area contributed by atoms with E-state index < -0.39 is 38.1 Å². The molecule has 2 aliphatic rings. The van der Waals surface area contributed by atoms with E-state index in [0.29, 0.717) is 11.4 Å². The van der Waals surface area contributed by atoms with Gasteiger partial charge in [-0.1, -0.05) is 18.5 Å². The Kier molecular flexibility index (Phi) is 4.94. The molecule has 1 heterocycles. The number of ketones is 1. The first-order valence-electron chi connectivity index (χ1n) is 9.38. The molecule has 3 atom stereocenters. The average Bonchev–Trinajstić information content (AvgIpc) is 2.70. The summed E-state index contributed by atoms with van der Waals surface area (Å²) in [4.78, 5) is 12.5. The van der Waals surface area contributed by atoms with E-state index in [4.69, 9.17) is 16.3 Å². The minimum Gasteiger partial charge on any atom is -0.490 e. The van der Waals surface area contributed by atoms with Gasteiger partial charge in [-0.2, -0.15) is 0 Å². The van der Waals surface area contributed by atoms with Crippen LogP contribution in [0.3, 0.4) is 0 Å². The van der Waals surface area contributed by atoms with E-state index in [1.165, 1.54) is 24.3 Å². The molecule has 0 aromatic heterocycles. The van der Waals surface area contributed by atoms with E-state index in [0.717, 1.165) is 12.1 Å². The Morgan fingerprint density at radius 3 is 2.45 bits per heavy atom. The predicted octanol–water partition coefficient (Wildman–Crippen LogP) is 4.69. The quantitative estimate of drug-likeness (QED) is 0.695. The maximum atomic E-state index is 15.1. The Morgan fingerprint density at radius 2 is 1.79 bits per heavy atom. The molecule has 8 heteroatoms. The van der Waals surface area contributed by atoms with Crippen LogP contribution in [-0.4, -0.2) is 20.8 Å². The van der Waals surface area contributed by atoms with Crippen LogP contribution < -0.4 is 4.74 Å². The van der Waals surface area contributed by atoms with Crippen LogP contribution in [0.1, 0.15) is 31.7 Å². The van der Waals surface area contributed by atoms with Crippen LogP contribution in [0.5, 0.6) is 5.75 Å². The summed E-state index contributed by atoms with van der Waals surface area (Å²) in [5, 5.41) is 0.354. The monoisotopic (exact) mass is 440 g/mol. The van der Waals surface area contributed by atoms with Gasteiger partial charge in [0.2, 0.25) is 0 Å². The number of carbonyl (C=O) groups excluding carboxylic acids is 1. The summed E-state index contributed by atoms with van der Waals surface area (Å²) in [6.07, 6.45) is 0.225. The number of halogens is 3. The van der Waals surface area contributed by atoms with E-state index in [1.807, 2.05) is 0 Å². The number of hydrogen-bond acceptors (Lipinski definition) is 4. The third-order valence-corrected chi connectivity index (χ3v) is 8.99. The molecule has 0 radical (unpaired) electrons. The molecule has 0 spiro atoms. The topological polar surface area (TPSA) is 60.4 Å². The van der Waals surface area contributed by atoms with Gasteiger partial charge in [0.05, 0.1) is 17.1 Å². The lowest BCUT2D eigenvalue weighted by Crippen LogP contribution is -2.56. The number of rotatable bonds is 3. The second-order valence-corrected chi connectivity index (χ2v) is 10.1. The van der Waals surface area contributed by atoms with Crippen LogP contribution in [0.2, 0.25) is 5.02 Å². The van der Waals surface area contributed by atoms with Gasteiger partial charge >= 0.3 is 0 Å². The number of Topliss-reactive ketones (excluding diaryl/α,β-unsaturated/α-hetero) is 1. The third-order valence-electron chi connectivity index (χ3n) is 6.17. The fourth-order valence-electron chi connectivity index (χ4n) is 4.84. The lowest BCUT2D eigenvalue weighted by atomic mass is 9.66. The van der Waals surface area contributed by atoms with Gasteiger partial charge in [-0.05, 0) is 49.2 Å². The zero-order valence-corrected chi connectivity index (χ0v) is 17.2. The molecule has 0 unspecified atom stereocenters. The van der Waals surface area contributed by atoms with Gasteiger partial charge in [0.1, 0.15) is 16.3 Å². The van der Waals surface area contributed by atoms with Crippen molar-refractivity contribution in [3.63, 3.8) is 0 Å². The van der Waals surface area contributed by atoms with E-state index in [-0.39, 0.29) is 41.4 Å². The van der Waals surface area contributed by atoms with Gasteiger partial charge in [-0.15, -0.1) is 0 Å². The van der Waals surface area contributed by atoms with Gasteiger partial charge in [0.15, 0.2) is 21.4 Å². The van der Waals surface area contributed by atoms with Crippen molar-refractivity contribution < 1.29 is 26.7 Å². The van der Waals surface area contributed by atoms with Gasteiger partial charge in [0.25, 0.3) is 0 Å². The molecule has 0 saturated heterocycles. The van der Waals surface area contributed by atoms with E-state index in [9.17, 15) is 17.6 Å². The Labute approximate surface area is 172 Å². The lowest BCUT2D eigenvalue weighted by Gasteiger charge is -2.49. The van der Waals surface area contributed by atoms with Crippen molar-refractivity contribution in [2.24, 2.45) is 11.8 Å². The molecule has 1 aliphatic heterocycles. The van der Waals surface area contributed by atoms with Crippen LogP contribution in [0, 0.1) is 23.5 Å². The summed E-state index contributed by atoms with van der Waals surface area (Å²) >= 11 is 5.91. The molecular weight excluding hydrogens is 422 g/mol. The normalized spacial score (nSPS) is 26.4. The van der Waals surface area contributed by atoms with Crippen molar-refractivity contribution in [3.05, 3.63) is 58.6 Å². The molecule has 1 fully saturated rings. The fourth-order valence-corrected chi connectivity index (χ4v) is 7.34. The molecule has 0 N–H and O–H groups in total. The zero-order chi connectivity index (χ0) is 21.0. The van der Waals surface area contributed by atoms with Crippen molar-refractivity contribution in [3.8, 4) is 5.75 Å². The smallest absolute Gasteiger partial charge is 0.188 e. The SMILES string of the molecule is CC[C@@H]1C(=O)CC[C@@]2(S(=O)(=O)c3ccc(Cl)cc3)c3c(F)ccc(F)c3OC[C@@H]12. The largest absolute Gasteiger partial charge is 0.490 e. The molecule has 154 valence electrons. The van der Waals surface area contributed by atoms with Crippen LogP contribution in [0.4, 0.5) is 8.78 Å². The van der Waals surface area contributed by atoms with Crippen molar-refractivity contribution in [1.82, 2.24) is 0 Å². The molecular formula is C21H19ClF2O4S. The van der Waals surface area contributed by atoms with E-state index in [1.54, 1.807) is 6.92 Å². The standard InChI is InChI=1S/C21H19ClF2O4S/c1-2-14-15-11-28-20-17(24)8-7-16(23)19(20)21(15,10-9-18(14)25)29(26,27)13-5-3-12(22)4-6-13/h3-8,14-15H,2,9-11H2,1H3/t14-,15-,21-/m0/s1. The number of sulfone groups is 1. The number of carbonyl (C=O) groups is 1. The summed E-state index contributed by atoms with van der Waals surface area (Å²) in [6.45, 7) is 1.61. The average molecular weight is 441 g/mol. The first-order chi connectivity index (χ1) is 13.7. The van der Waals surface area contributed by atoms with E-state index in [2.05, 4.69) is 0 Å². The molecule has 1 aliphatic carbocycles. The predicted molar refractivity (Wildman–Crippen MR) is 104 cm³/mol. The Bertz CT molecular complexity index is 1080. The van der Waals surface area contributed by atoms with Crippen LogP contribution in [-0.2, 0) is 19.4 Å². The number of benzene rings is 2. The summed E-state index contributed by atoms with van der Waals surface area (Å²) in [6, 6.07) is 7.42. The molecule has 0 amide bonds. The maximum Gasteiger partial charge on any atom is 0.188 e. The molecule has 2 aromatic carbocycles. The Hall–Kier alpha value is -1.99. The van der Waals surface area contributed by atoms with Gasteiger partial charge in [-0.25, -0.2) is 17.2 Å². The molecule has 4 nitrogen and oxygen atoms in total. The highest BCUT2D eigenvalue weighted by Crippen LogP contribution is 2.57. The molecule has 1 saturated carbocycles. The first-order valence-corrected chi connectivity index (χ1v) is 11.2. The van der Waals surface area contributed by atoms with Crippen molar-refractivity contribution in [1.29, 1.82) is 0 Å². The van der Waals surface area contributed by atoms with Gasteiger partial charge in [0, 0.05) is 23.3 Å². The molecule has 2 aromatic rings. The summed E-state index contributed by atoms with van der Waals surface area (Å²) < 4.78 is 61.2. The van der Waals surface area contributed by atoms with Crippen LogP contribution in [0.25, 0.3) is 0 Å². The van der Waals surface area contributed by atoms with E-state index >= 15 is 4.39 Å². The fraction of sp³-hybridized carbons (Fsp3) is 0.381. The van der Waals surface area contributed by atoms with Crippen molar-refractivity contribution in [2.75, 3.05) is 6.61 Å². The molecule has 4 rings (SSSR count). The minimum atomic E-state index is -4.22. The highest BCUT2D eigenvalue weighted by Gasteiger charge is 2.62. The Balaban J connectivity index is 2.06. The molecule has 29 heavy (non-hydrogen) atoms. The second kappa shape index (κ2) is 7.06.